The number of nitrogens with zero attached hydrogens (tertiary/aromatic N) is 1. The number of rotatable bonds is 7. The lowest BCUT2D eigenvalue weighted by Gasteiger charge is -2.09. The maximum atomic E-state index is 9.17. The fourth-order valence-corrected chi connectivity index (χ4v) is 1.77. The minimum atomic E-state index is -0.321. The molecule has 0 saturated heterocycles. The Labute approximate surface area is 119 Å². The van der Waals surface area contributed by atoms with Crippen molar-refractivity contribution in [3.63, 3.8) is 0 Å². The summed E-state index contributed by atoms with van der Waals surface area (Å²) in [5, 5.41) is 12.3. The van der Waals surface area contributed by atoms with E-state index in [2.05, 4.69) is 10.3 Å². The summed E-state index contributed by atoms with van der Waals surface area (Å²) < 4.78 is 5.70. The van der Waals surface area contributed by atoms with Crippen LogP contribution in [0, 0.1) is 0 Å². The summed E-state index contributed by atoms with van der Waals surface area (Å²) in [6.45, 7) is 3.65. The van der Waals surface area contributed by atoms with Crippen molar-refractivity contribution < 1.29 is 9.84 Å². The molecule has 0 amide bonds. The monoisotopic (exact) mass is 272 g/mol. The highest BCUT2D eigenvalue weighted by Gasteiger charge is 1.98. The first-order chi connectivity index (χ1) is 9.74. The van der Waals surface area contributed by atoms with Crippen molar-refractivity contribution in [2.45, 2.75) is 26.2 Å². The Bertz CT molecular complexity index is 498. The molecule has 0 aliphatic rings. The molecular formula is C16H20N2O2. The van der Waals surface area contributed by atoms with Gasteiger partial charge >= 0.3 is 0 Å². The molecule has 2 aromatic rings. The summed E-state index contributed by atoms with van der Waals surface area (Å²) in [6, 6.07) is 11.8. The fraction of sp³-hybridized carbons (Fsp3) is 0.312. The maximum absolute atomic E-state index is 9.17. The zero-order valence-electron chi connectivity index (χ0n) is 11.6. The second-order valence-electron chi connectivity index (χ2n) is 4.77. The molecule has 2 rings (SSSR count). The Hall–Kier alpha value is -1.91. The van der Waals surface area contributed by atoms with E-state index in [4.69, 9.17) is 9.84 Å². The molecule has 1 atom stereocenters. The largest absolute Gasteiger partial charge is 0.489 e. The number of pyridine rings is 1. The van der Waals surface area contributed by atoms with Gasteiger partial charge in [0.15, 0.2) is 0 Å². The van der Waals surface area contributed by atoms with Crippen molar-refractivity contribution >= 4 is 0 Å². The summed E-state index contributed by atoms with van der Waals surface area (Å²) in [6.07, 6.45) is 3.20. The van der Waals surface area contributed by atoms with Crippen LogP contribution in [0.25, 0.3) is 0 Å². The van der Waals surface area contributed by atoms with Crippen LogP contribution < -0.4 is 10.1 Å². The Morgan fingerprint density at radius 2 is 1.80 bits per heavy atom. The summed E-state index contributed by atoms with van der Waals surface area (Å²) >= 11 is 0. The van der Waals surface area contributed by atoms with Crippen LogP contribution in [0.1, 0.15) is 18.1 Å². The third kappa shape index (κ3) is 4.99. The van der Waals surface area contributed by atoms with Gasteiger partial charge in [-0.2, -0.15) is 0 Å². The number of nitrogens with one attached hydrogen (secondary N) is 1. The highest BCUT2D eigenvalue weighted by Crippen LogP contribution is 2.14. The molecule has 2 N–H and O–H groups in total. The normalized spacial score (nSPS) is 12.1. The van der Waals surface area contributed by atoms with E-state index in [1.165, 1.54) is 5.56 Å². The molecule has 1 unspecified atom stereocenters. The molecule has 0 aliphatic carbocycles. The van der Waals surface area contributed by atoms with Crippen molar-refractivity contribution in [3.8, 4) is 5.75 Å². The van der Waals surface area contributed by atoms with Crippen LogP contribution in [0.4, 0.5) is 0 Å². The van der Waals surface area contributed by atoms with E-state index in [-0.39, 0.29) is 6.10 Å². The van der Waals surface area contributed by atoms with E-state index < -0.39 is 0 Å². The van der Waals surface area contributed by atoms with E-state index in [0.29, 0.717) is 13.2 Å². The van der Waals surface area contributed by atoms with E-state index in [0.717, 1.165) is 17.9 Å². The lowest BCUT2D eigenvalue weighted by molar-refractivity contribution is 0.191. The SMILES string of the molecule is CC(O)CNCc1ccc(OCc2ccncc2)cc1. The molecule has 0 aliphatic heterocycles. The third-order valence-electron chi connectivity index (χ3n) is 2.85. The van der Waals surface area contributed by atoms with Crippen molar-refractivity contribution in [2.75, 3.05) is 6.54 Å². The second kappa shape index (κ2) is 7.62. The maximum Gasteiger partial charge on any atom is 0.119 e. The minimum Gasteiger partial charge on any atom is -0.489 e. The molecule has 20 heavy (non-hydrogen) atoms. The van der Waals surface area contributed by atoms with Gasteiger partial charge in [-0.25, -0.2) is 0 Å². The molecule has 1 aromatic carbocycles. The van der Waals surface area contributed by atoms with Gasteiger partial charge in [0, 0.05) is 25.5 Å². The number of hydrogen-bond donors (Lipinski definition) is 2. The molecular weight excluding hydrogens is 252 g/mol. The first-order valence-corrected chi connectivity index (χ1v) is 6.73. The number of ether oxygens (including phenoxy) is 1. The van der Waals surface area contributed by atoms with Gasteiger partial charge in [-0.05, 0) is 42.3 Å². The second-order valence-corrected chi connectivity index (χ2v) is 4.77. The average Bonchev–Trinajstić information content (AvgIpc) is 2.47. The minimum absolute atomic E-state index is 0.321. The molecule has 0 fully saturated rings. The van der Waals surface area contributed by atoms with Crippen molar-refractivity contribution in [1.29, 1.82) is 0 Å². The average molecular weight is 272 g/mol. The van der Waals surface area contributed by atoms with E-state index in [9.17, 15) is 0 Å². The van der Waals surface area contributed by atoms with Gasteiger partial charge in [0.05, 0.1) is 6.10 Å². The number of aromatic nitrogens is 1. The topological polar surface area (TPSA) is 54.4 Å². The van der Waals surface area contributed by atoms with Crippen LogP contribution in [0.3, 0.4) is 0 Å². The molecule has 4 nitrogen and oxygen atoms in total. The summed E-state index contributed by atoms with van der Waals surface area (Å²) in [4.78, 5) is 3.97. The smallest absolute Gasteiger partial charge is 0.119 e. The predicted molar refractivity (Wildman–Crippen MR) is 78.4 cm³/mol. The molecule has 0 bridgehead atoms. The Morgan fingerprint density at radius 3 is 2.45 bits per heavy atom. The van der Waals surface area contributed by atoms with Gasteiger partial charge in [0.2, 0.25) is 0 Å². The van der Waals surface area contributed by atoms with Crippen molar-refractivity contribution in [3.05, 3.63) is 59.9 Å². The zero-order chi connectivity index (χ0) is 14.2. The zero-order valence-corrected chi connectivity index (χ0v) is 11.6. The van der Waals surface area contributed by atoms with E-state index in [1.807, 2.05) is 36.4 Å². The fourth-order valence-electron chi connectivity index (χ4n) is 1.77. The molecule has 0 saturated carbocycles. The highest BCUT2D eigenvalue weighted by molar-refractivity contribution is 5.27. The van der Waals surface area contributed by atoms with Crippen LogP contribution in [-0.4, -0.2) is 22.7 Å². The van der Waals surface area contributed by atoms with Crippen molar-refractivity contribution in [1.82, 2.24) is 10.3 Å². The number of benzene rings is 1. The van der Waals surface area contributed by atoms with Gasteiger partial charge < -0.3 is 15.2 Å². The predicted octanol–water partition coefficient (Wildman–Crippen LogP) is 2.13. The first-order valence-electron chi connectivity index (χ1n) is 6.73. The van der Waals surface area contributed by atoms with Gasteiger partial charge in [0.25, 0.3) is 0 Å². The summed E-state index contributed by atoms with van der Waals surface area (Å²) in [7, 11) is 0. The van der Waals surface area contributed by atoms with Crippen LogP contribution in [0.5, 0.6) is 5.75 Å². The molecule has 106 valence electrons. The molecule has 0 radical (unpaired) electrons. The van der Waals surface area contributed by atoms with E-state index >= 15 is 0 Å². The third-order valence-corrected chi connectivity index (χ3v) is 2.85. The first kappa shape index (κ1) is 14.5. The Kier molecular flexibility index (Phi) is 5.53. The molecule has 1 heterocycles. The Morgan fingerprint density at radius 1 is 1.10 bits per heavy atom. The lowest BCUT2D eigenvalue weighted by Crippen LogP contribution is -2.23. The van der Waals surface area contributed by atoms with Gasteiger partial charge in [0.1, 0.15) is 12.4 Å². The quantitative estimate of drug-likeness (QED) is 0.810. The van der Waals surface area contributed by atoms with Gasteiger partial charge in [-0.1, -0.05) is 12.1 Å². The standard InChI is InChI=1S/C16H20N2O2/c1-13(19)10-18-11-14-2-4-16(5-3-14)20-12-15-6-8-17-9-7-15/h2-9,13,18-19H,10-12H2,1H3. The van der Waals surface area contributed by atoms with Crippen molar-refractivity contribution in [2.24, 2.45) is 0 Å². The van der Waals surface area contributed by atoms with Crippen LogP contribution in [0.2, 0.25) is 0 Å². The molecule has 0 spiro atoms. The van der Waals surface area contributed by atoms with Crippen LogP contribution >= 0.6 is 0 Å². The summed E-state index contributed by atoms with van der Waals surface area (Å²) in [5.74, 6) is 0.848. The van der Waals surface area contributed by atoms with E-state index in [1.54, 1.807) is 19.3 Å². The van der Waals surface area contributed by atoms with Crippen LogP contribution in [-0.2, 0) is 13.2 Å². The van der Waals surface area contributed by atoms with Gasteiger partial charge in [-0.3, -0.25) is 4.98 Å². The van der Waals surface area contributed by atoms with Gasteiger partial charge in [-0.15, -0.1) is 0 Å². The molecule has 1 aromatic heterocycles. The van der Waals surface area contributed by atoms with Crippen LogP contribution in [0.15, 0.2) is 48.8 Å². The summed E-state index contributed by atoms with van der Waals surface area (Å²) in [5.41, 5.74) is 2.27. The molecule has 4 heteroatoms. The number of aliphatic hydroxyl groups is 1. The highest BCUT2D eigenvalue weighted by atomic mass is 16.5. The lowest BCUT2D eigenvalue weighted by atomic mass is 10.2. The Balaban J connectivity index is 1.79. The number of hydrogen-bond acceptors (Lipinski definition) is 4. The number of aliphatic hydroxyl groups excluding tert-OH is 1.